The predicted octanol–water partition coefficient (Wildman–Crippen LogP) is 2.81. The second-order valence-corrected chi connectivity index (χ2v) is 4.39. The summed E-state index contributed by atoms with van der Waals surface area (Å²) in [5, 5.41) is 9.82. The van der Waals surface area contributed by atoms with Gasteiger partial charge in [-0.25, -0.2) is 8.78 Å². The van der Waals surface area contributed by atoms with Crippen LogP contribution < -0.4 is 0 Å². The first-order valence-corrected chi connectivity index (χ1v) is 5.03. The van der Waals surface area contributed by atoms with Crippen LogP contribution in [-0.2, 0) is 4.74 Å². The van der Waals surface area contributed by atoms with Crippen LogP contribution >= 0.6 is 0 Å². The van der Waals surface area contributed by atoms with Gasteiger partial charge in [-0.1, -0.05) is 0 Å². The highest BCUT2D eigenvalue weighted by Crippen LogP contribution is 2.26. The van der Waals surface area contributed by atoms with Gasteiger partial charge in [-0.3, -0.25) is 0 Å². The van der Waals surface area contributed by atoms with Gasteiger partial charge in [0.25, 0.3) is 0 Å². The Labute approximate surface area is 93.9 Å². The molecule has 0 aromatic heterocycles. The molecule has 0 spiro atoms. The quantitative estimate of drug-likeness (QED) is 0.861. The van der Waals surface area contributed by atoms with Gasteiger partial charge in [0.05, 0.1) is 11.7 Å². The van der Waals surface area contributed by atoms with Crippen molar-refractivity contribution in [3.8, 4) is 0 Å². The molecule has 0 heterocycles. The minimum atomic E-state index is -0.944. The van der Waals surface area contributed by atoms with Crippen molar-refractivity contribution in [3.63, 3.8) is 0 Å². The summed E-state index contributed by atoms with van der Waals surface area (Å²) in [6.45, 7) is 3.59. The number of rotatable bonds is 4. The van der Waals surface area contributed by atoms with Gasteiger partial charge in [0, 0.05) is 19.6 Å². The van der Waals surface area contributed by atoms with Crippen molar-refractivity contribution in [1.29, 1.82) is 0 Å². The molecule has 4 heteroatoms. The van der Waals surface area contributed by atoms with Crippen molar-refractivity contribution in [2.45, 2.75) is 32.0 Å². The maximum atomic E-state index is 12.9. The molecule has 0 aliphatic rings. The van der Waals surface area contributed by atoms with E-state index in [1.807, 2.05) is 0 Å². The largest absolute Gasteiger partial charge is 0.388 e. The third-order valence-electron chi connectivity index (χ3n) is 2.51. The summed E-state index contributed by atoms with van der Waals surface area (Å²) in [7, 11) is 1.53. The van der Waals surface area contributed by atoms with E-state index in [4.69, 9.17) is 4.74 Å². The second-order valence-electron chi connectivity index (χ2n) is 4.39. The Morgan fingerprint density at radius 1 is 1.25 bits per heavy atom. The van der Waals surface area contributed by atoms with E-state index in [9.17, 15) is 13.9 Å². The predicted molar refractivity (Wildman–Crippen MR) is 57.0 cm³/mol. The molecule has 0 radical (unpaired) electrons. The van der Waals surface area contributed by atoms with E-state index in [1.54, 1.807) is 13.8 Å². The number of hydrogen-bond donors (Lipinski definition) is 1. The maximum absolute atomic E-state index is 12.9. The van der Waals surface area contributed by atoms with Crippen molar-refractivity contribution < 1.29 is 18.6 Å². The lowest BCUT2D eigenvalue weighted by Gasteiger charge is -2.26. The summed E-state index contributed by atoms with van der Waals surface area (Å²) in [4.78, 5) is 0. The van der Waals surface area contributed by atoms with Crippen LogP contribution in [0.5, 0.6) is 0 Å². The first-order chi connectivity index (χ1) is 7.34. The van der Waals surface area contributed by atoms with Crippen LogP contribution in [0.4, 0.5) is 8.78 Å². The van der Waals surface area contributed by atoms with E-state index >= 15 is 0 Å². The van der Waals surface area contributed by atoms with Gasteiger partial charge in [0.1, 0.15) is 11.6 Å². The summed E-state index contributed by atoms with van der Waals surface area (Å²) in [5.74, 6) is -1.38. The number of ether oxygens (including phenoxy) is 1. The molecule has 0 saturated carbocycles. The Morgan fingerprint density at radius 2 is 1.75 bits per heavy atom. The van der Waals surface area contributed by atoms with E-state index < -0.39 is 23.3 Å². The fourth-order valence-electron chi connectivity index (χ4n) is 1.43. The number of methoxy groups -OCH3 is 1. The van der Waals surface area contributed by atoms with Gasteiger partial charge >= 0.3 is 0 Å². The molecule has 1 unspecified atom stereocenters. The lowest BCUT2D eigenvalue weighted by molar-refractivity contribution is -0.0202. The number of hydrogen-bond acceptors (Lipinski definition) is 2. The molecule has 1 rings (SSSR count). The van der Waals surface area contributed by atoms with Crippen LogP contribution in [0.1, 0.15) is 31.9 Å². The highest BCUT2D eigenvalue weighted by molar-refractivity contribution is 5.20. The van der Waals surface area contributed by atoms with E-state index in [1.165, 1.54) is 7.11 Å². The molecule has 0 saturated heterocycles. The van der Waals surface area contributed by atoms with E-state index in [0.29, 0.717) is 0 Å². The molecule has 2 nitrogen and oxygen atoms in total. The lowest BCUT2D eigenvalue weighted by atomic mass is 9.96. The topological polar surface area (TPSA) is 29.5 Å². The Bertz CT molecular complexity index is 344. The molecular formula is C12H16F2O2. The summed E-state index contributed by atoms with van der Waals surface area (Å²) >= 11 is 0. The summed E-state index contributed by atoms with van der Waals surface area (Å²) in [5.41, 5.74) is -0.315. The van der Waals surface area contributed by atoms with Gasteiger partial charge < -0.3 is 9.84 Å². The molecule has 16 heavy (non-hydrogen) atoms. The average molecular weight is 230 g/mol. The molecule has 1 aromatic carbocycles. The van der Waals surface area contributed by atoms with Crippen molar-refractivity contribution in [1.82, 2.24) is 0 Å². The van der Waals surface area contributed by atoms with Crippen molar-refractivity contribution in [3.05, 3.63) is 35.4 Å². The Morgan fingerprint density at radius 3 is 2.19 bits per heavy atom. The molecule has 0 bridgehead atoms. The van der Waals surface area contributed by atoms with Crippen molar-refractivity contribution in [2.24, 2.45) is 0 Å². The second kappa shape index (κ2) is 4.89. The van der Waals surface area contributed by atoms with Gasteiger partial charge in [-0.2, -0.15) is 0 Å². The third-order valence-corrected chi connectivity index (χ3v) is 2.51. The summed E-state index contributed by atoms with van der Waals surface area (Å²) in [6, 6.07) is 3.02. The van der Waals surface area contributed by atoms with Crippen LogP contribution in [0.3, 0.4) is 0 Å². The zero-order valence-corrected chi connectivity index (χ0v) is 9.63. The number of aliphatic hydroxyl groups excluding tert-OH is 1. The van der Waals surface area contributed by atoms with Crippen LogP contribution in [0.2, 0.25) is 0 Å². The normalized spacial score (nSPS) is 13.9. The van der Waals surface area contributed by atoms with E-state index in [0.717, 1.165) is 18.2 Å². The standard InChI is InChI=1S/C12H16F2O2/c1-12(2,16-3)7-11(15)8-4-9(13)6-10(14)5-8/h4-6,11,15H,7H2,1-3H3. The fraction of sp³-hybridized carbons (Fsp3) is 0.500. The van der Waals surface area contributed by atoms with Crippen molar-refractivity contribution in [2.75, 3.05) is 7.11 Å². The molecule has 0 amide bonds. The molecule has 0 fully saturated rings. The number of halogens is 2. The Balaban J connectivity index is 2.84. The third kappa shape index (κ3) is 3.54. The van der Waals surface area contributed by atoms with Gasteiger partial charge in [-0.05, 0) is 31.5 Å². The van der Waals surface area contributed by atoms with Gasteiger partial charge in [-0.15, -0.1) is 0 Å². The highest BCUT2D eigenvalue weighted by Gasteiger charge is 2.23. The molecular weight excluding hydrogens is 214 g/mol. The van der Waals surface area contributed by atoms with E-state index in [2.05, 4.69) is 0 Å². The van der Waals surface area contributed by atoms with Crippen molar-refractivity contribution >= 4 is 0 Å². The molecule has 1 atom stereocenters. The van der Waals surface area contributed by atoms with E-state index in [-0.39, 0.29) is 12.0 Å². The summed E-state index contributed by atoms with van der Waals surface area (Å²) < 4.78 is 31.0. The summed E-state index contributed by atoms with van der Waals surface area (Å²) in [6.07, 6.45) is -0.674. The van der Waals surface area contributed by atoms with Crippen LogP contribution in [0.15, 0.2) is 18.2 Å². The lowest BCUT2D eigenvalue weighted by Crippen LogP contribution is -2.25. The zero-order valence-electron chi connectivity index (χ0n) is 9.63. The highest BCUT2D eigenvalue weighted by atomic mass is 19.1. The van der Waals surface area contributed by atoms with Gasteiger partial charge in [0.15, 0.2) is 0 Å². The molecule has 0 aliphatic carbocycles. The zero-order chi connectivity index (χ0) is 12.3. The SMILES string of the molecule is COC(C)(C)CC(O)c1cc(F)cc(F)c1. The smallest absolute Gasteiger partial charge is 0.126 e. The van der Waals surface area contributed by atoms with Crippen LogP contribution in [0, 0.1) is 11.6 Å². The molecule has 90 valence electrons. The Hall–Kier alpha value is -1.00. The van der Waals surface area contributed by atoms with Crippen LogP contribution in [0.25, 0.3) is 0 Å². The average Bonchev–Trinajstić information content (AvgIpc) is 2.15. The minimum Gasteiger partial charge on any atom is -0.388 e. The molecule has 1 aromatic rings. The van der Waals surface area contributed by atoms with Gasteiger partial charge in [0.2, 0.25) is 0 Å². The fourth-order valence-corrected chi connectivity index (χ4v) is 1.43. The number of aliphatic hydroxyl groups is 1. The molecule has 0 aliphatic heterocycles. The monoisotopic (exact) mass is 230 g/mol. The molecule has 1 N–H and O–H groups in total. The number of benzene rings is 1. The minimum absolute atomic E-state index is 0.225. The Kier molecular flexibility index (Phi) is 3.99. The van der Waals surface area contributed by atoms with Crippen LogP contribution in [-0.4, -0.2) is 17.8 Å². The first-order valence-electron chi connectivity index (χ1n) is 5.03. The first kappa shape index (κ1) is 13.1. The maximum Gasteiger partial charge on any atom is 0.126 e.